The lowest BCUT2D eigenvalue weighted by atomic mass is 9.95. The number of hydrogen-bond donors (Lipinski definition) is 2. The maximum atomic E-state index is 12.4. The molecule has 2 heterocycles. The van der Waals surface area contributed by atoms with Gasteiger partial charge in [-0.25, -0.2) is 0 Å². The Morgan fingerprint density at radius 3 is 2.96 bits per heavy atom. The molecule has 0 radical (unpaired) electrons. The van der Waals surface area contributed by atoms with Gasteiger partial charge in [-0.15, -0.1) is 10.2 Å². The van der Waals surface area contributed by atoms with E-state index in [9.17, 15) is 9.59 Å². The fraction of sp³-hybridized carbons (Fsp3) is 0.375. The van der Waals surface area contributed by atoms with E-state index in [1.54, 1.807) is 6.92 Å². The van der Waals surface area contributed by atoms with Gasteiger partial charge in [-0.05, 0) is 24.5 Å². The predicted octanol–water partition coefficient (Wildman–Crippen LogP) is 1.85. The maximum absolute atomic E-state index is 12.4. The zero-order valence-electron chi connectivity index (χ0n) is 13.7. The third-order valence-electron chi connectivity index (χ3n) is 3.65. The molecule has 0 spiro atoms. The molecule has 1 aliphatic heterocycles. The van der Waals surface area contributed by atoms with Crippen molar-refractivity contribution in [1.82, 2.24) is 15.5 Å². The molecule has 0 aliphatic carbocycles. The summed E-state index contributed by atoms with van der Waals surface area (Å²) in [6, 6.07) is 7.79. The van der Waals surface area contributed by atoms with Gasteiger partial charge in [-0.1, -0.05) is 47.4 Å². The number of carbonyl (C=O) groups excluding carboxylic acids is 2. The monoisotopic (exact) mass is 378 g/mol. The molecular formula is C16H18N4O3S2. The highest BCUT2D eigenvalue weighted by Crippen LogP contribution is 2.26. The molecule has 0 fully saturated rings. The fourth-order valence-corrected chi connectivity index (χ4v) is 4.03. The molecule has 1 atom stereocenters. The summed E-state index contributed by atoms with van der Waals surface area (Å²) in [5, 5.41) is 14.4. The Hall–Kier alpha value is -1.97. The largest absolute Gasteiger partial charge is 0.465 e. The molecule has 25 heavy (non-hydrogen) atoms. The Labute approximate surface area is 153 Å². The van der Waals surface area contributed by atoms with Crippen LogP contribution in [0.15, 0.2) is 28.6 Å². The Morgan fingerprint density at radius 2 is 2.16 bits per heavy atom. The number of anilines is 1. The van der Waals surface area contributed by atoms with E-state index in [1.807, 2.05) is 18.2 Å². The van der Waals surface area contributed by atoms with E-state index in [1.165, 1.54) is 34.2 Å². The first-order valence-corrected chi connectivity index (χ1v) is 9.69. The predicted molar refractivity (Wildman–Crippen MR) is 96.7 cm³/mol. The lowest BCUT2D eigenvalue weighted by Crippen LogP contribution is -2.44. The quantitative estimate of drug-likeness (QED) is 0.450. The SMILES string of the molecule is CCOC(=O)CSc1nnc(NC(=O)C2Cc3ccccc3CN2)s1. The molecule has 1 aromatic carbocycles. The molecule has 1 aromatic heterocycles. The fourth-order valence-electron chi connectivity index (χ4n) is 2.47. The minimum Gasteiger partial charge on any atom is -0.465 e. The molecule has 1 aliphatic rings. The number of rotatable bonds is 6. The van der Waals surface area contributed by atoms with Crippen molar-refractivity contribution in [2.45, 2.75) is 30.3 Å². The number of aromatic nitrogens is 2. The minimum atomic E-state index is -0.297. The molecule has 7 nitrogen and oxygen atoms in total. The summed E-state index contributed by atoms with van der Waals surface area (Å²) >= 11 is 2.49. The summed E-state index contributed by atoms with van der Waals surface area (Å²) in [6.07, 6.45) is 0.644. The Bertz CT molecular complexity index is 765. The van der Waals surface area contributed by atoms with Crippen LogP contribution in [0.25, 0.3) is 0 Å². The van der Waals surface area contributed by atoms with Gasteiger partial charge >= 0.3 is 5.97 Å². The second kappa shape index (κ2) is 8.41. The van der Waals surface area contributed by atoms with Crippen molar-refractivity contribution in [1.29, 1.82) is 0 Å². The second-order valence-corrected chi connectivity index (χ2v) is 7.56. The zero-order valence-corrected chi connectivity index (χ0v) is 15.3. The van der Waals surface area contributed by atoms with Crippen molar-refractivity contribution in [3.8, 4) is 0 Å². The van der Waals surface area contributed by atoms with Crippen LogP contribution in [0.3, 0.4) is 0 Å². The third kappa shape index (κ3) is 4.77. The number of fused-ring (bicyclic) bond motifs is 1. The number of nitrogens with zero attached hydrogens (tertiary/aromatic N) is 2. The molecule has 3 rings (SSSR count). The lowest BCUT2D eigenvalue weighted by Gasteiger charge is -2.24. The van der Waals surface area contributed by atoms with E-state index < -0.39 is 0 Å². The van der Waals surface area contributed by atoms with Crippen LogP contribution in [-0.4, -0.2) is 40.5 Å². The molecule has 1 amide bonds. The van der Waals surface area contributed by atoms with Crippen molar-refractivity contribution in [3.05, 3.63) is 35.4 Å². The Kier molecular flexibility index (Phi) is 6.00. The van der Waals surface area contributed by atoms with E-state index in [0.717, 1.165) is 0 Å². The van der Waals surface area contributed by atoms with E-state index in [2.05, 4.69) is 26.9 Å². The van der Waals surface area contributed by atoms with Gasteiger partial charge in [0.25, 0.3) is 0 Å². The van der Waals surface area contributed by atoms with E-state index >= 15 is 0 Å². The van der Waals surface area contributed by atoms with Gasteiger partial charge in [0.05, 0.1) is 18.4 Å². The topological polar surface area (TPSA) is 93.2 Å². The van der Waals surface area contributed by atoms with E-state index in [4.69, 9.17) is 4.74 Å². The molecular weight excluding hydrogens is 360 g/mol. The summed E-state index contributed by atoms with van der Waals surface area (Å²) < 4.78 is 5.48. The van der Waals surface area contributed by atoms with E-state index in [-0.39, 0.29) is 23.7 Å². The molecule has 0 saturated carbocycles. The van der Waals surface area contributed by atoms with Crippen molar-refractivity contribution < 1.29 is 14.3 Å². The van der Waals surface area contributed by atoms with Crippen molar-refractivity contribution in [2.75, 3.05) is 17.7 Å². The average molecular weight is 378 g/mol. The van der Waals surface area contributed by atoms with Crippen molar-refractivity contribution in [3.63, 3.8) is 0 Å². The smallest absolute Gasteiger partial charge is 0.316 e. The van der Waals surface area contributed by atoms with Gasteiger partial charge in [0.2, 0.25) is 11.0 Å². The lowest BCUT2D eigenvalue weighted by molar-refractivity contribution is -0.139. The van der Waals surface area contributed by atoms with Crippen molar-refractivity contribution >= 4 is 40.1 Å². The molecule has 132 valence electrons. The summed E-state index contributed by atoms with van der Waals surface area (Å²) in [6.45, 7) is 2.79. The average Bonchev–Trinajstić information content (AvgIpc) is 3.07. The van der Waals surface area contributed by atoms with Gasteiger partial charge in [0, 0.05) is 6.54 Å². The Balaban J connectivity index is 1.53. The van der Waals surface area contributed by atoms with Crippen LogP contribution in [0.5, 0.6) is 0 Å². The van der Waals surface area contributed by atoms with Crippen molar-refractivity contribution in [2.24, 2.45) is 0 Å². The molecule has 9 heteroatoms. The van der Waals surface area contributed by atoms with Crippen LogP contribution in [0.4, 0.5) is 5.13 Å². The molecule has 0 bridgehead atoms. The first-order valence-electron chi connectivity index (χ1n) is 7.88. The van der Waals surface area contributed by atoms with Gasteiger partial charge < -0.3 is 10.1 Å². The highest BCUT2D eigenvalue weighted by Gasteiger charge is 2.24. The van der Waals surface area contributed by atoms with Gasteiger partial charge in [-0.3, -0.25) is 14.9 Å². The van der Waals surface area contributed by atoms with Crippen LogP contribution in [0.2, 0.25) is 0 Å². The highest BCUT2D eigenvalue weighted by atomic mass is 32.2. The number of benzene rings is 1. The van der Waals surface area contributed by atoms with Crippen LogP contribution in [0, 0.1) is 0 Å². The Morgan fingerprint density at radius 1 is 1.36 bits per heavy atom. The normalized spacial score (nSPS) is 16.1. The van der Waals surface area contributed by atoms with Crippen LogP contribution in [-0.2, 0) is 27.3 Å². The number of carbonyl (C=O) groups is 2. The zero-order chi connectivity index (χ0) is 17.6. The van der Waals surface area contributed by atoms with Crippen LogP contribution in [0.1, 0.15) is 18.1 Å². The third-order valence-corrected chi connectivity index (χ3v) is 5.60. The maximum Gasteiger partial charge on any atom is 0.316 e. The van der Waals surface area contributed by atoms with Gasteiger partial charge in [0.15, 0.2) is 4.34 Å². The van der Waals surface area contributed by atoms with Crippen LogP contribution >= 0.6 is 23.1 Å². The number of nitrogens with one attached hydrogen (secondary N) is 2. The highest BCUT2D eigenvalue weighted by molar-refractivity contribution is 8.01. The number of thioether (sulfide) groups is 1. The number of esters is 1. The summed E-state index contributed by atoms with van der Waals surface area (Å²) in [5.41, 5.74) is 2.41. The van der Waals surface area contributed by atoms with E-state index in [0.29, 0.717) is 29.0 Å². The second-order valence-electron chi connectivity index (χ2n) is 5.36. The minimum absolute atomic E-state index is 0.132. The summed E-state index contributed by atoms with van der Waals surface area (Å²) in [5.74, 6) is -0.247. The molecule has 0 saturated heterocycles. The number of hydrogen-bond acceptors (Lipinski definition) is 8. The van der Waals surface area contributed by atoms with Crippen LogP contribution < -0.4 is 10.6 Å². The molecule has 2 aromatic rings. The van der Waals surface area contributed by atoms with Gasteiger partial charge in [-0.2, -0.15) is 0 Å². The molecule has 2 N–H and O–H groups in total. The number of amides is 1. The summed E-state index contributed by atoms with van der Waals surface area (Å²) in [7, 11) is 0. The molecule has 1 unspecified atom stereocenters. The first kappa shape index (κ1) is 17.8. The standard InChI is InChI=1S/C16H18N4O3S2/c1-2-23-13(21)9-24-16-20-19-15(25-16)18-14(22)12-7-10-5-3-4-6-11(10)8-17-12/h3-6,12,17H,2,7-9H2,1H3,(H,18,19,22). The van der Waals surface area contributed by atoms with Gasteiger partial charge in [0.1, 0.15) is 0 Å². The first-order chi connectivity index (χ1) is 12.2. The number of ether oxygens (including phenoxy) is 1. The summed E-state index contributed by atoms with van der Waals surface area (Å²) in [4.78, 5) is 23.8.